The summed E-state index contributed by atoms with van der Waals surface area (Å²) in [6.45, 7) is 16.8. The van der Waals surface area contributed by atoms with Gasteiger partial charge in [0.25, 0.3) is 0 Å². The molecule has 0 heterocycles. The van der Waals surface area contributed by atoms with E-state index in [2.05, 4.69) is 34.3 Å². The molecule has 0 aromatic heterocycles. The van der Waals surface area contributed by atoms with E-state index in [0.717, 1.165) is 32.1 Å². The molecular formula is C27H42O5. The molecule has 0 aromatic rings. The van der Waals surface area contributed by atoms with Gasteiger partial charge in [-0.2, -0.15) is 0 Å². The molecule has 0 radical (unpaired) electrons. The Morgan fingerprint density at radius 3 is 2.09 bits per heavy atom. The van der Waals surface area contributed by atoms with Crippen LogP contribution in [0.1, 0.15) is 73.6 Å². The van der Waals surface area contributed by atoms with Gasteiger partial charge in [-0.05, 0) is 61.7 Å². The number of rotatable bonds is 4. The van der Waals surface area contributed by atoms with Crippen molar-refractivity contribution in [3.8, 4) is 0 Å². The third-order valence-electron chi connectivity index (χ3n) is 10.9. The number of ketones is 1. The molecule has 0 bridgehead atoms. The van der Waals surface area contributed by atoms with Crippen LogP contribution in [-0.4, -0.2) is 44.3 Å². The highest BCUT2D eigenvalue weighted by Crippen LogP contribution is 2.77. The van der Waals surface area contributed by atoms with Crippen molar-refractivity contribution in [1.82, 2.24) is 0 Å². The van der Waals surface area contributed by atoms with Crippen molar-refractivity contribution in [2.24, 2.45) is 39.4 Å². The molecule has 0 amide bonds. The van der Waals surface area contributed by atoms with Crippen molar-refractivity contribution in [3.63, 3.8) is 0 Å². The monoisotopic (exact) mass is 446 g/mol. The van der Waals surface area contributed by atoms with Crippen LogP contribution < -0.4 is 0 Å². The molecule has 9 atom stereocenters. The van der Waals surface area contributed by atoms with Gasteiger partial charge in [0.15, 0.2) is 0 Å². The maximum Gasteiger partial charge on any atom is 0.302 e. The van der Waals surface area contributed by atoms with Gasteiger partial charge in [0.1, 0.15) is 11.9 Å². The average molecular weight is 447 g/mol. The van der Waals surface area contributed by atoms with Crippen molar-refractivity contribution in [3.05, 3.63) is 12.2 Å². The first kappa shape index (κ1) is 23.9. The second-order valence-electron chi connectivity index (χ2n) is 12.1. The molecule has 4 rings (SSSR count). The summed E-state index contributed by atoms with van der Waals surface area (Å²) < 4.78 is 18.7. The molecular weight excluding hydrogens is 404 g/mol. The number of ether oxygens (including phenoxy) is 3. The predicted molar refractivity (Wildman–Crippen MR) is 123 cm³/mol. The zero-order valence-corrected chi connectivity index (χ0v) is 21.2. The van der Waals surface area contributed by atoms with Gasteiger partial charge in [0.05, 0.1) is 17.6 Å². The number of fused-ring (bicyclic) bond motifs is 5. The highest BCUT2D eigenvalue weighted by Gasteiger charge is 2.80. The minimum absolute atomic E-state index is 0.00212. The Balaban J connectivity index is 2.02. The molecule has 4 aliphatic rings. The zero-order chi connectivity index (χ0) is 23.9. The summed E-state index contributed by atoms with van der Waals surface area (Å²) >= 11 is 0. The standard InChI is InChI=1S/C27H42O5/c1-15-14-19-18(15)10-13-25(6)21-20(32-17(3)29)11-12-24(4,5)26(21,7)22(30-8)23(31-9)27(19,25)16(2)28/h18-23H,1,10-14H2,2-9H3/t18-,19+,20?,21?,22+,23-,25-,26+,27+/m0/s1. The summed E-state index contributed by atoms with van der Waals surface area (Å²) in [6.07, 6.45) is 3.67. The van der Waals surface area contributed by atoms with E-state index < -0.39 is 5.41 Å². The fraction of sp³-hybridized carbons (Fsp3) is 0.852. The van der Waals surface area contributed by atoms with Gasteiger partial charge in [0.2, 0.25) is 0 Å². The molecule has 5 nitrogen and oxygen atoms in total. The van der Waals surface area contributed by atoms with E-state index in [1.807, 2.05) is 0 Å². The summed E-state index contributed by atoms with van der Waals surface area (Å²) in [5, 5.41) is 0. The molecule has 0 saturated heterocycles. The maximum atomic E-state index is 13.9. The SMILES string of the molecule is C=C1C[C@@H]2[C@H]1CC[C@@]1(C)C3C(OC(C)=O)CCC(C)(C)[C@@]3(C)[C@H](OC)[C@H](OC)[C@@]21C(C)=O. The van der Waals surface area contributed by atoms with Gasteiger partial charge >= 0.3 is 5.97 Å². The van der Waals surface area contributed by atoms with Crippen molar-refractivity contribution >= 4 is 11.8 Å². The quantitative estimate of drug-likeness (QED) is 0.451. The lowest BCUT2D eigenvalue weighted by atomic mass is 9.29. The lowest BCUT2D eigenvalue weighted by molar-refractivity contribution is -0.332. The number of methoxy groups -OCH3 is 2. The Bertz CT molecular complexity index is 832. The largest absolute Gasteiger partial charge is 0.462 e. The Morgan fingerprint density at radius 2 is 1.59 bits per heavy atom. The van der Waals surface area contributed by atoms with E-state index in [4.69, 9.17) is 14.2 Å². The van der Waals surface area contributed by atoms with E-state index in [-0.39, 0.29) is 58.1 Å². The van der Waals surface area contributed by atoms with Crippen molar-refractivity contribution in [1.29, 1.82) is 0 Å². The number of allylic oxidation sites excluding steroid dienone is 1. The van der Waals surface area contributed by atoms with Crippen molar-refractivity contribution in [2.75, 3.05) is 14.2 Å². The molecule has 4 aliphatic carbocycles. The highest BCUT2D eigenvalue weighted by atomic mass is 16.5. The third-order valence-corrected chi connectivity index (χ3v) is 10.9. The van der Waals surface area contributed by atoms with Gasteiger partial charge in [-0.25, -0.2) is 0 Å². The number of esters is 1. The molecule has 4 fully saturated rings. The second kappa shape index (κ2) is 7.40. The third kappa shape index (κ3) is 2.58. The van der Waals surface area contributed by atoms with Crippen molar-refractivity contribution in [2.45, 2.75) is 92.0 Å². The van der Waals surface area contributed by atoms with Gasteiger partial charge in [0, 0.05) is 32.5 Å². The minimum atomic E-state index is -0.692. The van der Waals surface area contributed by atoms with Crippen LogP contribution in [-0.2, 0) is 23.8 Å². The fourth-order valence-electron chi connectivity index (χ4n) is 9.43. The van der Waals surface area contributed by atoms with E-state index in [9.17, 15) is 9.59 Å². The Kier molecular flexibility index (Phi) is 5.54. The zero-order valence-electron chi connectivity index (χ0n) is 21.2. The lowest BCUT2D eigenvalue weighted by Crippen LogP contribution is -2.80. The number of carbonyl (C=O) groups excluding carboxylic acids is 2. The van der Waals surface area contributed by atoms with Crippen LogP contribution in [0.4, 0.5) is 0 Å². The first-order valence-corrected chi connectivity index (χ1v) is 12.3. The van der Waals surface area contributed by atoms with E-state index in [1.165, 1.54) is 12.5 Å². The molecule has 0 spiro atoms. The summed E-state index contributed by atoms with van der Waals surface area (Å²) in [5.74, 6) is 0.486. The Morgan fingerprint density at radius 1 is 0.969 bits per heavy atom. The summed E-state index contributed by atoms with van der Waals surface area (Å²) in [4.78, 5) is 26.1. The van der Waals surface area contributed by atoms with E-state index in [1.54, 1.807) is 21.1 Å². The highest BCUT2D eigenvalue weighted by molar-refractivity contribution is 5.86. The van der Waals surface area contributed by atoms with Crippen LogP contribution in [0.3, 0.4) is 0 Å². The number of Topliss-reactive ketones (excluding diaryl/α,β-unsaturated/α-hetero) is 1. The van der Waals surface area contributed by atoms with Crippen LogP contribution in [0.5, 0.6) is 0 Å². The Labute approximate surface area is 193 Å². The van der Waals surface area contributed by atoms with Crippen LogP contribution in [0.2, 0.25) is 0 Å². The van der Waals surface area contributed by atoms with Gasteiger partial charge in [-0.15, -0.1) is 0 Å². The molecule has 0 aromatic carbocycles. The lowest BCUT2D eigenvalue weighted by Gasteiger charge is -2.76. The molecule has 4 saturated carbocycles. The average Bonchev–Trinajstić information content (AvgIpc) is 2.68. The number of carbonyl (C=O) groups is 2. The topological polar surface area (TPSA) is 61.8 Å². The molecule has 32 heavy (non-hydrogen) atoms. The fourth-order valence-corrected chi connectivity index (χ4v) is 9.43. The molecule has 0 N–H and O–H groups in total. The van der Waals surface area contributed by atoms with Crippen LogP contribution in [0.25, 0.3) is 0 Å². The molecule has 2 unspecified atom stereocenters. The molecule has 5 heteroatoms. The normalized spacial score (nSPS) is 49.2. The van der Waals surface area contributed by atoms with E-state index in [0.29, 0.717) is 5.92 Å². The summed E-state index contributed by atoms with van der Waals surface area (Å²) in [7, 11) is 3.49. The number of hydrogen-bond acceptors (Lipinski definition) is 5. The van der Waals surface area contributed by atoms with Crippen LogP contribution in [0, 0.1) is 39.4 Å². The van der Waals surface area contributed by atoms with E-state index >= 15 is 0 Å². The molecule has 0 aliphatic heterocycles. The number of hydrogen-bond donors (Lipinski definition) is 0. The predicted octanol–water partition coefficient (Wildman–Crippen LogP) is 4.97. The summed E-state index contributed by atoms with van der Waals surface area (Å²) in [5.41, 5.74) is -0.207. The Hall–Kier alpha value is -1.20. The summed E-state index contributed by atoms with van der Waals surface area (Å²) in [6, 6.07) is 0. The maximum absolute atomic E-state index is 13.9. The second-order valence-corrected chi connectivity index (χ2v) is 12.1. The first-order valence-electron chi connectivity index (χ1n) is 12.3. The minimum Gasteiger partial charge on any atom is -0.462 e. The molecule has 180 valence electrons. The van der Waals surface area contributed by atoms with Gasteiger partial charge in [-0.1, -0.05) is 39.8 Å². The first-order chi connectivity index (χ1) is 14.8. The van der Waals surface area contributed by atoms with Crippen molar-refractivity contribution < 1.29 is 23.8 Å². The van der Waals surface area contributed by atoms with Gasteiger partial charge < -0.3 is 14.2 Å². The smallest absolute Gasteiger partial charge is 0.302 e. The van der Waals surface area contributed by atoms with Crippen LogP contribution >= 0.6 is 0 Å². The van der Waals surface area contributed by atoms with Crippen LogP contribution in [0.15, 0.2) is 12.2 Å². The van der Waals surface area contributed by atoms with Gasteiger partial charge in [-0.3, -0.25) is 9.59 Å².